The van der Waals surface area contributed by atoms with Gasteiger partial charge in [-0.2, -0.15) is 0 Å². The molecule has 0 aromatic heterocycles. The monoisotopic (exact) mass is 1260 g/mol. The van der Waals surface area contributed by atoms with Crippen molar-refractivity contribution in [1.82, 2.24) is 4.90 Å². The number of likely N-dealkylation sites (tertiary alicyclic amines) is 1. The van der Waals surface area contributed by atoms with Gasteiger partial charge in [0.25, 0.3) is 5.91 Å². The number of aliphatic hydroxyl groups excluding tert-OH is 20. The van der Waals surface area contributed by atoms with Crippen molar-refractivity contribution in [2.45, 2.75) is 306 Å². The first-order valence-corrected chi connectivity index (χ1v) is 31.5. The maximum absolute atomic E-state index is 12.6. The normalized spacial score (nSPS) is 29.4. The van der Waals surface area contributed by atoms with Gasteiger partial charge in [-0.1, -0.05) is 106 Å². The van der Waals surface area contributed by atoms with Crippen LogP contribution in [0.25, 0.3) is 0 Å². The predicted molar refractivity (Wildman–Crippen MR) is 318 cm³/mol. The number of carbonyl (C=O) groups excluding carboxylic acids is 2. The molecule has 0 aromatic rings. The van der Waals surface area contributed by atoms with Gasteiger partial charge in [0, 0.05) is 55.9 Å². The van der Waals surface area contributed by atoms with Crippen LogP contribution in [0.3, 0.4) is 0 Å². The van der Waals surface area contributed by atoms with Crippen molar-refractivity contribution in [2.24, 2.45) is 41.4 Å². The first-order chi connectivity index (χ1) is 40.3. The van der Waals surface area contributed by atoms with Gasteiger partial charge in [-0.05, 0) is 69.8 Å². The molecule has 0 bridgehead atoms. The van der Waals surface area contributed by atoms with Crippen molar-refractivity contribution in [3.05, 3.63) is 23.0 Å². The number of unbranched alkanes of at least 4 members (excludes halogenated alkanes) is 6. The summed E-state index contributed by atoms with van der Waals surface area (Å²) < 4.78 is 5.50. The number of aliphatic hydroxyl groups is 21. The molecule has 0 saturated carbocycles. The first-order valence-electron chi connectivity index (χ1n) is 31.5. The maximum atomic E-state index is 12.6. The Morgan fingerprint density at radius 3 is 1.51 bits per heavy atom. The van der Waals surface area contributed by atoms with E-state index in [-0.39, 0.29) is 36.7 Å². The molecule has 2 fully saturated rings. The van der Waals surface area contributed by atoms with Crippen molar-refractivity contribution < 1.29 is 122 Å². The van der Waals surface area contributed by atoms with Crippen LogP contribution in [-0.4, -0.2) is 265 Å². The molecule has 87 heavy (non-hydrogen) atoms. The lowest BCUT2D eigenvalue weighted by molar-refractivity contribution is -0.356. The summed E-state index contributed by atoms with van der Waals surface area (Å²) in [5, 5.41) is 229. The van der Waals surface area contributed by atoms with E-state index in [9.17, 15) is 117 Å². The van der Waals surface area contributed by atoms with E-state index >= 15 is 0 Å². The summed E-state index contributed by atoms with van der Waals surface area (Å²) in [6.45, 7) is 16.3. The van der Waals surface area contributed by atoms with Crippen molar-refractivity contribution in [3.63, 3.8) is 0 Å². The highest BCUT2D eigenvalue weighted by Crippen LogP contribution is 2.36. The molecule has 25 heteroatoms. The Balaban J connectivity index is 1.88. The van der Waals surface area contributed by atoms with E-state index in [0.29, 0.717) is 18.4 Å². The molecule has 512 valence electrons. The molecule has 25 nitrogen and oxygen atoms in total. The van der Waals surface area contributed by atoms with E-state index in [4.69, 9.17) is 4.74 Å². The number of amides is 1. The van der Waals surface area contributed by atoms with Gasteiger partial charge in [0.2, 0.25) is 0 Å². The average molecular weight is 1260 g/mol. The SMILES string of the molecule is CCCCCCCCCC(O)CC1(O)OC(CC(O)C(O)C(O)C(O)C(O)CC(O)CC(O)CC(O)C(C)C(O)C(C)C(O)CC(O)C(C)C(O)C(C)C(O)C(C)C(O)C(O)CC(C)CC(C)C=C(C)C(O)=C2C(=O)C(C)N(C)C2=O)C(O)C(O)C1O. The van der Waals surface area contributed by atoms with Gasteiger partial charge >= 0.3 is 0 Å². The van der Waals surface area contributed by atoms with Crippen molar-refractivity contribution in [3.8, 4) is 0 Å². The zero-order chi connectivity index (χ0) is 66.9. The fourth-order valence-electron chi connectivity index (χ4n) is 12.3. The topological polar surface area (TPSA) is 471 Å². The second-order valence-electron chi connectivity index (χ2n) is 26.4. The summed E-state index contributed by atoms with van der Waals surface area (Å²) in [6.07, 6.45) is -28.2. The lowest BCUT2D eigenvalue weighted by Gasteiger charge is -2.47. The van der Waals surface area contributed by atoms with E-state index in [2.05, 4.69) is 6.92 Å². The van der Waals surface area contributed by atoms with Crippen molar-refractivity contribution >= 4 is 11.7 Å². The number of hydrogen-bond donors (Lipinski definition) is 21. The maximum Gasteiger partial charge on any atom is 0.261 e. The van der Waals surface area contributed by atoms with Crippen LogP contribution in [0, 0.1) is 41.4 Å². The fraction of sp³-hybridized carbons (Fsp3) is 0.903. The minimum absolute atomic E-state index is 0.112. The predicted octanol–water partition coefficient (Wildman–Crippen LogP) is -1.17. The molecule has 0 aromatic carbocycles. The van der Waals surface area contributed by atoms with Crippen LogP contribution < -0.4 is 0 Å². The molecule has 2 saturated heterocycles. The molecule has 29 atom stereocenters. The zero-order valence-electron chi connectivity index (χ0n) is 53.1. The van der Waals surface area contributed by atoms with Crippen LogP contribution in [0.4, 0.5) is 0 Å². The smallest absolute Gasteiger partial charge is 0.261 e. The third-order valence-electron chi connectivity index (χ3n) is 18.8. The molecular weight excluding hydrogens is 1140 g/mol. The molecule has 0 radical (unpaired) electrons. The number of rotatable bonds is 41. The molecule has 2 heterocycles. The van der Waals surface area contributed by atoms with Crippen LogP contribution in [-0.2, 0) is 14.3 Å². The standard InChI is InChI=1S/C62H115NO24/c1-12-13-14-15-16-17-18-19-38(64)28-62(86)60(84)59(83)57(81)47(87-62)27-46(72)56(80)58(82)55(79)45(71)25-40(66)23-39(65)24-41(67)32(5)50(74)33(6)42(68)26-43(69)34(7)51(75)35(8)52(76)36(9)53(77)44(70)22-30(3)20-29(2)21-31(4)49(73)48-54(78)37(10)63(11)61(48)85/h21,29-30,32-47,50-53,55-60,64-77,79-84,86H,12-20,22-28H2,1-11H3. The molecule has 2 aliphatic rings. The van der Waals surface area contributed by atoms with Crippen LogP contribution in [0.2, 0.25) is 0 Å². The average Bonchev–Trinajstić information content (AvgIpc) is 2.13. The Morgan fingerprint density at radius 2 is 0.989 bits per heavy atom. The van der Waals surface area contributed by atoms with Gasteiger partial charge in [-0.3, -0.25) is 9.59 Å². The Kier molecular flexibility index (Phi) is 34.6. The van der Waals surface area contributed by atoms with Crippen molar-refractivity contribution in [2.75, 3.05) is 7.05 Å². The summed E-state index contributed by atoms with van der Waals surface area (Å²) in [4.78, 5) is 26.4. The van der Waals surface area contributed by atoms with E-state index in [1.807, 2.05) is 13.8 Å². The second kappa shape index (κ2) is 37.3. The number of Topliss-reactive ketones (excluding diaryl/α,β-unsaturated/α-hetero) is 1. The quantitative estimate of drug-likeness (QED) is 0.0148. The van der Waals surface area contributed by atoms with E-state index in [1.165, 1.54) is 46.6 Å². The molecule has 0 aliphatic carbocycles. The van der Waals surface area contributed by atoms with Gasteiger partial charge < -0.3 is 117 Å². The highest BCUT2D eigenvalue weighted by atomic mass is 16.7. The minimum atomic E-state index is -2.59. The summed E-state index contributed by atoms with van der Waals surface area (Å²) in [5.74, 6) is -9.32. The second-order valence-corrected chi connectivity index (χ2v) is 26.4. The van der Waals surface area contributed by atoms with Crippen molar-refractivity contribution in [1.29, 1.82) is 0 Å². The molecule has 1 amide bonds. The van der Waals surface area contributed by atoms with Gasteiger partial charge in [-0.25, -0.2) is 0 Å². The van der Waals surface area contributed by atoms with Crippen LogP contribution >= 0.6 is 0 Å². The lowest BCUT2D eigenvalue weighted by Crippen LogP contribution is -2.65. The number of allylic oxidation sites excluding steroid dienone is 2. The number of nitrogens with zero attached hydrogens (tertiary/aromatic N) is 1. The van der Waals surface area contributed by atoms with E-state index < -0.39 is 213 Å². The molecule has 2 aliphatic heterocycles. The molecule has 0 spiro atoms. The molecule has 2 rings (SSSR count). The Bertz CT molecular complexity index is 2050. The lowest BCUT2D eigenvalue weighted by atomic mass is 9.77. The van der Waals surface area contributed by atoms with Crippen LogP contribution in [0.5, 0.6) is 0 Å². The van der Waals surface area contributed by atoms with Gasteiger partial charge in [0.1, 0.15) is 48.0 Å². The molecule has 21 N–H and O–H groups in total. The van der Waals surface area contributed by atoms with Gasteiger partial charge in [0.05, 0.1) is 91.5 Å². The number of ketones is 1. The van der Waals surface area contributed by atoms with Gasteiger partial charge in [0.15, 0.2) is 11.6 Å². The third-order valence-corrected chi connectivity index (χ3v) is 18.8. The first kappa shape index (κ1) is 80.7. The van der Waals surface area contributed by atoms with Crippen LogP contribution in [0.1, 0.15) is 172 Å². The molecule has 29 unspecified atom stereocenters. The summed E-state index contributed by atoms with van der Waals surface area (Å²) >= 11 is 0. The number of ether oxygens (including phenoxy) is 1. The largest absolute Gasteiger partial charge is 0.507 e. The summed E-state index contributed by atoms with van der Waals surface area (Å²) in [5.41, 5.74) is 0.0730. The Morgan fingerprint density at radius 1 is 0.540 bits per heavy atom. The minimum Gasteiger partial charge on any atom is -0.507 e. The Labute approximate surface area is 513 Å². The highest BCUT2D eigenvalue weighted by Gasteiger charge is 2.54. The summed E-state index contributed by atoms with van der Waals surface area (Å²) in [7, 11) is 1.48. The highest BCUT2D eigenvalue weighted by molar-refractivity contribution is 6.26. The fourth-order valence-corrected chi connectivity index (χ4v) is 12.3. The van der Waals surface area contributed by atoms with E-state index in [0.717, 1.165) is 38.5 Å². The summed E-state index contributed by atoms with van der Waals surface area (Å²) in [6, 6.07) is -0.694. The number of carbonyl (C=O) groups is 2. The number of likely N-dealkylation sites (N-methyl/N-ethyl adjacent to an activating group) is 1. The van der Waals surface area contributed by atoms with Crippen LogP contribution in [0.15, 0.2) is 23.0 Å². The third kappa shape index (κ3) is 23.3. The van der Waals surface area contributed by atoms with Gasteiger partial charge in [-0.15, -0.1) is 0 Å². The Hall–Kier alpha value is -2.42. The zero-order valence-corrected chi connectivity index (χ0v) is 53.1. The number of hydrogen-bond acceptors (Lipinski definition) is 24. The molecular formula is C62H115NO24. The van der Waals surface area contributed by atoms with E-state index in [1.54, 1.807) is 19.9 Å².